The molecule has 1 aliphatic rings. The van der Waals surface area contributed by atoms with Gasteiger partial charge in [0.2, 0.25) is 0 Å². The number of nitrogens with one attached hydrogen (secondary N) is 1. The first kappa shape index (κ1) is 10.4. The summed E-state index contributed by atoms with van der Waals surface area (Å²) in [6, 6.07) is 7.14. The van der Waals surface area contributed by atoms with Crippen molar-refractivity contribution >= 4 is 5.82 Å². The molecule has 3 nitrogen and oxygen atoms in total. The first-order valence-electron chi connectivity index (χ1n) is 5.73. The van der Waals surface area contributed by atoms with E-state index in [1.807, 2.05) is 24.4 Å². The molecule has 1 saturated heterocycles. The van der Waals surface area contributed by atoms with Crippen molar-refractivity contribution in [2.24, 2.45) is 0 Å². The Morgan fingerprint density at radius 3 is 2.60 bits per heavy atom. The number of hydrazine groups is 1. The molecule has 2 unspecified atom stereocenters. The van der Waals surface area contributed by atoms with Gasteiger partial charge in [-0.15, -0.1) is 0 Å². The quantitative estimate of drug-likeness (QED) is 0.804. The molecule has 3 heteroatoms. The third kappa shape index (κ3) is 2.48. The van der Waals surface area contributed by atoms with Crippen molar-refractivity contribution in [2.75, 3.05) is 5.43 Å². The van der Waals surface area contributed by atoms with Gasteiger partial charge in [0.1, 0.15) is 5.82 Å². The molecule has 0 aromatic carbocycles. The van der Waals surface area contributed by atoms with Crippen LogP contribution in [0.2, 0.25) is 0 Å². The Morgan fingerprint density at radius 1 is 1.27 bits per heavy atom. The maximum atomic E-state index is 4.29. The average molecular weight is 205 g/mol. The van der Waals surface area contributed by atoms with Crippen molar-refractivity contribution in [3.8, 4) is 0 Å². The molecule has 0 aliphatic carbocycles. The van der Waals surface area contributed by atoms with Crippen LogP contribution < -0.4 is 5.43 Å². The van der Waals surface area contributed by atoms with Crippen LogP contribution in [-0.2, 0) is 0 Å². The lowest BCUT2D eigenvalue weighted by Gasteiger charge is -2.39. The number of hydrogen-bond donors (Lipinski definition) is 1. The van der Waals surface area contributed by atoms with Crippen LogP contribution in [0.15, 0.2) is 24.4 Å². The molecule has 82 valence electrons. The van der Waals surface area contributed by atoms with Crippen LogP contribution in [-0.4, -0.2) is 22.1 Å². The van der Waals surface area contributed by atoms with Gasteiger partial charge >= 0.3 is 0 Å². The van der Waals surface area contributed by atoms with E-state index in [4.69, 9.17) is 0 Å². The molecule has 1 aromatic rings. The van der Waals surface area contributed by atoms with Crippen LogP contribution in [0.1, 0.15) is 33.1 Å². The van der Waals surface area contributed by atoms with Gasteiger partial charge in [0.05, 0.1) is 0 Å². The van der Waals surface area contributed by atoms with Crippen LogP contribution in [0.4, 0.5) is 5.82 Å². The van der Waals surface area contributed by atoms with Gasteiger partial charge in [0.25, 0.3) is 0 Å². The Balaban J connectivity index is 2.03. The Morgan fingerprint density at radius 2 is 2.00 bits per heavy atom. The highest BCUT2D eigenvalue weighted by molar-refractivity contribution is 5.32. The highest BCUT2D eigenvalue weighted by Crippen LogP contribution is 2.22. The molecule has 0 amide bonds. The summed E-state index contributed by atoms with van der Waals surface area (Å²) in [6.07, 6.45) is 5.69. The van der Waals surface area contributed by atoms with E-state index in [1.54, 1.807) is 0 Å². The summed E-state index contributed by atoms with van der Waals surface area (Å²) in [5, 5.41) is 2.33. The molecule has 1 aromatic heterocycles. The first-order valence-corrected chi connectivity index (χ1v) is 5.73. The van der Waals surface area contributed by atoms with Gasteiger partial charge in [0.15, 0.2) is 0 Å². The molecule has 0 saturated carbocycles. The van der Waals surface area contributed by atoms with Gasteiger partial charge in [0, 0.05) is 18.3 Å². The molecule has 1 fully saturated rings. The number of aromatic nitrogens is 1. The Labute approximate surface area is 91.5 Å². The summed E-state index contributed by atoms with van der Waals surface area (Å²) < 4.78 is 0. The fourth-order valence-corrected chi connectivity index (χ4v) is 2.20. The topological polar surface area (TPSA) is 28.2 Å². The lowest BCUT2D eigenvalue weighted by molar-refractivity contribution is 0.135. The largest absolute Gasteiger partial charge is 0.303 e. The Kier molecular flexibility index (Phi) is 3.21. The summed E-state index contributed by atoms with van der Waals surface area (Å²) in [5.41, 5.74) is 3.40. The maximum absolute atomic E-state index is 4.29. The van der Waals surface area contributed by atoms with Crippen molar-refractivity contribution in [3.63, 3.8) is 0 Å². The predicted octanol–water partition coefficient (Wildman–Crippen LogP) is 2.67. The van der Waals surface area contributed by atoms with Crippen molar-refractivity contribution in [1.82, 2.24) is 9.99 Å². The average Bonchev–Trinajstić information content (AvgIpc) is 2.25. The molecule has 0 bridgehead atoms. The van der Waals surface area contributed by atoms with Crippen LogP contribution in [0.5, 0.6) is 0 Å². The van der Waals surface area contributed by atoms with E-state index < -0.39 is 0 Å². The van der Waals surface area contributed by atoms with Crippen LogP contribution in [0.3, 0.4) is 0 Å². The second-order valence-electron chi connectivity index (χ2n) is 4.36. The van der Waals surface area contributed by atoms with E-state index in [9.17, 15) is 0 Å². The van der Waals surface area contributed by atoms with E-state index in [0.717, 1.165) is 5.82 Å². The number of nitrogens with zero attached hydrogens (tertiary/aromatic N) is 2. The number of pyridine rings is 1. The highest BCUT2D eigenvalue weighted by Gasteiger charge is 2.24. The zero-order chi connectivity index (χ0) is 10.7. The summed E-state index contributed by atoms with van der Waals surface area (Å²) >= 11 is 0. The van der Waals surface area contributed by atoms with Crippen LogP contribution in [0.25, 0.3) is 0 Å². The molecule has 0 radical (unpaired) electrons. The maximum Gasteiger partial charge on any atom is 0.140 e. The van der Waals surface area contributed by atoms with Crippen molar-refractivity contribution in [2.45, 2.75) is 45.2 Å². The van der Waals surface area contributed by atoms with Gasteiger partial charge < -0.3 is 5.43 Å². The zero-order valence-electron chi connectivity index (χ0n) is 9.48. The SMILES string of the molecule is CC1CCCC(C)N1Nc1ccccn1. The highest BCUT2D eigenvalue weighted by atomic mass is 15.5. The number of anilines is 1. The first-order chi connectivity index (χ1) is 7.27. The van der Waals surface area contributed by atoms with E-state index >= 15 is 0 Å². The fourth-order valence-electron chi connectivity index (χ4n) is 2.20. The van der Waals surface area contributed by atoms with Gasteiger partial charge in [-0.1, -0.05) is 12.5 Å². The molecule has 2 heterocycles. The van der Waals surface area contributed by atoms with Gasteiger partial charge in [-0.25, -0.2) is 9.99 Å². The molecule has 15 heavy (non-hydrogen) atoms. The molecular formula is C12H19N3. The lowest BCUT2D eigenvalue weighted by atomic mass is 10.00. The second kappa shape index (κ2) is 4.62. The van der Waals surface area contributed by atoms with E-state index in [0.29, 0.717) is 12.1 Å². The van der Waals surface area contributed by atoms with E-state index in [2.05, 4.69) is 29.3 Å². The number of hydrogen-bond acceptors (Lipinski definition) is 3. The standard InChI is InChI=1S/C12H19N3/c1-10-6-5-7-11(2)15(10)14-12-8-3-4-9-13-12/h3-4,8-11H,5-7H2,1-2H3,(H,13,14). The smallest absolute Gasteiger partial charge is 0.140 e. The summed E-state index contributed by atoms with van der Waals surface area (Å²) in [4.78, 5) is 4.29. The molecular weight excluding hydrogens is 186 g/mol. The molecule has 2 rings (SSSR count). The monoisotopic (exact) mass is 205 g/mol. The Bertz CT molecular complexity index is 289. The molecule has 2 atom stereocenters. The van der Waals surface area contributed by atoms with Gasteiger partial charge in [-0.3, -0.25) is 0 Å². The predicted molar refractivity (Wildman–Crippen MR) is 62.5 cm³/mol. The molecule has 1 N–H and O–H groups in total. The fraction of sp³-hybridized carbons (Fsp3) is 0.583. The zero-order valence-corrected chi connectivity index (χ0v) is 9.48. The van der Waals surface area contributed by atoms with Crippen molar-refractivity contribution in [3.05, 3.63) is 24.4 Å². The van der Waals surface area contributed by atoms with Gasteiger partial charge in [-0.05, 0) is 38.8 Å². The molecule has 0 spiro atoms. The number of piperidine rings is 1. The third-order valence-electron chi connectivity index (χ3n) is 3.10. The molecule has 1 aliphatic heterocycles. The summed E-state index contributed by atoms with van der Waals surface area (Å²) in [6.45, 7) is 4.54. The van der Waals surface area contributed by atoms with E-state index in [-0.39, 0.29) is 0 Å². The van der Waals surface area contributed by atoms with Crippen LogP contribution in [0, 0.1) is 0 Å². The lowest BCUT2D eigenvalue weighted by Crippen LogP contribution is -2.47. The summed E-state index contributed by atoms with van der Waals surface area (Å²) in [5.74, 6) is 0.943. The van der Waals surface area contributed by atoms with Crippen LogP contribution >= 0.6 is 0 Å². The second-order valence-corrected chi connectivity index (χ2v) is 4.36. The minimum absolute atomic E-state index is 0.593. The normalized spacial score (nSPS) is 27.6. The van der Waals surface area contributed by atoms with Crippen molar-refractivity contribution in [1.29, 1.82) is 0 Å². The minimum Gasteiger partial charge on any atom is -0.303 e. The van der Waals surface area contributed by atoms with Gasteiger partial charge in [-0.2, -0.15) is 0 Å². The Hall–Kier alpha value is -1.09. The van der Waals surface area contributed by atoms with Crippen molar-refractivity contribution < 1.29 is 0 Å². The minimum atomic E-state index is 0.593. The third-order valence-corrected chi connectivity index (χ3v) is 3.10. The number of rotatable bonds is 2. The van der Waals surface area contributed by atoms with E-state index in [1.165, 1.54) is 19.3 Å². The summed E-state index contributed by atoms with van der Waals surface area (Å²) in [7, 11) is 0.